The highest BCUT2D eigenvalue weighted by atomic mass is 32.2. The molecule has 0 radical (unpaired) electrons. The van der Waals surface area contributed by atoms with Crippen LogP contribution in [0.3, 0.4) is 0 Å². The van der Waals surface area contributed by atoms with Crippen molar-refractivity contribution in [2.24, 2.45) is 0 Å². The van der Waals surface area contributed by atoms with E-state index >= 15 is 0 Å². The van der Waals surface area contributed by atoms with Gasteiger partial charge in [-0.3, -0.25) is 14.9 Å². The molecule has 8 nitrogen and oxygen atoms in total. The Labute approximate surface area is 185 Å². The average molecular weight is 462 g/mol. The van der Waals surface area contributed by atoms with Gasteiger partial charge in [-0.25, -0.2) is 8.42 Å². The van der Waals surface area contributed by atoms with Crippen LogP contribution in [0.2, 0.25) is 0 Å². The first-order valence-electron chi connectivity index (χ1n) is 10.0. The lowest BCUT2D eigenvalue weighted by Crippen LogP contribution is -2.53. The van der Waals surface area contributed by atoms with Crippen molar-refractivity contribution in [3.63, 3.8) is 0 Å². The van der Waals surface area contributed by atoms with Gasteiger partial charge >= 0.3 is 0 Å². The predicted molar refractivity (Wildman–Crippen MR) is 118 cm³/mol. The highest BCUT2D eigenvalue weighted by molar-refractivity contribution is 8.00. The monoisotopic (exact) mass is 461 g/mol. The topological polar surface area (TPSA) is 101 Å². The summed E-state index contributed by atoms with van der Waals surface area (Å²) in [6, 6.07) is 12.6. The molecule has 2 aromatic carbocycles. The molecule has 0 N–H and O–H groups in total. The summed E-state index contributed by atoms with van der Waals surface area (Å²) in [6.07, 6.45) is 1.03. The van der Waals surface area contributed by atoms with E-state index in [0.717, 1.165) is 11.3 Å². The zero-order chi connectivity index (χ0) is 22.2. The van der Waals surface area contributed by atoms with E-state index in [1.54, 1.807) is 47.0 Å². The van der Waals surface area contributed by atoms with Gasteiger partial charge in [-0.15, -0.1) is 11.8 Å². The summed E-state index contributed by atoms with van der Waals surface area (Å²) in [5.74, 6) is 0.509. The Hall–Kier alpha value is -2.43. The molecular formula is C21H23N3O5S2. The highest BCUT2D eigenvalue weighted by Crippen LogP contribution is 2.45. The number of benzene rings is 2. The number of piperidine rings is 1. The van der Waals surface area contributed by atoms with Gasteiger partial charge in [0.2, 0.25) is 10.0 Å². The first-order chi connectivity index (χ1) is 14.7. The van der Waals surface area contributed by atoms with Crippen LogP contribution in [0.25, 0.3) is 0 Å². The number of carbonyl (C=O) groups is 1. The standard InChI is InChI=1S/C21H23N3O5S2/c1-16-5-7-19(8-6-16)31(28,29)22-11-9-21(10-12-22)23(13-14-30-21)20(25)17-3-2-4-18(15-17)24(26)27/h2-8,15H,9-14H2,1H3. The van der Waals surface area contributed by atoms with Crippen LogP contribution in [0.15, 0.2) is 53.4 Å². The molecule has 0 atom stereocenters. The van der Waals surface area contributed by atoms with Crippen LogP contribution in [0.4, 0.5) is 5.69 Å². The Morgan fingerprint density at radius 2 is 1.77 bits per heavy atom. The number of hydrogen-bond donors (Lipinski definition) is 0. The molecule has 2 fully saturated rings. The van der Waals surface area contributed by atoms with E-state index in [4.69, 9.17) is 0 Å². The number of nitro benzene ring substituents is 1. The summed E-state index contributed by atoms with van der Waals surface area (Å²) in [7, 11) is -3.58. The van der Waals surface area contributed by atoms with Crippen molar-refractivity contribution < 1.29 is 18.1 Å². The molecule has 164 valence electrons. The van der Waals surface area contributed by atoms with Gasteiger partial charge in [0.05, 0.1) is 14.7 Å². The van der Waals surface area contributed by atoms with Crippen molar-refractivity contribution in [3.8, 4) is 0 Å². The Balaban J connectivity index is 1.52. The number of non-ortho nitro benzene ring substituents is 1. The summed E-state index contributed by atoms with van der Waals surface area (Å²) in [5, 5.41) is 11.1. The van der Waals surface area contributed by atoms with Crippen LogP contribution in [0, 0.1) is 17.0 Å². The van der Waals surface area contributed by atoms with Crippen molar-refractivity contribution in [1.29, 1.82) is 0 Å². The van der Waals surface area contributed by atoms with Gasteiger partial charge < -0.3 is 4.90 Å². The number of nitrogens with zero attached hydrogens (tertiary/aromatic N) is 3. The molecule has 1 spiro atoms. The molecule has 31 heavy (non-hydrogen) atoms. The lowest BCUT2D eigenvalue weighted by molar-refractivity contribution is -0.384. The van der Waals surface area contributed by atoms with Gasteiger partial charge in [0.15, 0.2) is 0 Å². The molecule has 0 saturated carbocycles. The van der Waals surface area contributed by atoms with Gasteiger partial charge in [0.25, 0.3) is 11.6 Å². The third-order valence-corrected chi connectivity index (χ3v) is 9.35. The van der Waals surface area contributed by atoms with Gasteiger partial charge in [0.1, 0.15) is 0 Å². The Kier molecular flexibility index (Phi) is 5.80. The summed E-state index contributed by atoms with van der Waals surface area (Å²) in [6.45, 7) is 3.09. The summed E-state index contributed by atoms with van der Waals surface area (Å²) >= 11 is 1.67. The van der Waals surface area contributed by atoms with Gasteiger partial charge in [-0.05, 0) is 38.0 Å². The lowest BCUT2D eigenvalue weighted by Gasteiger charge is -2.43. The van der Waals surface area contributed by atoms with Crippen molar-refractivity contribution in [1.82, 2.24) is 9.21 Å². The third-order valence-electron chi connectivity index (χ3n) is 5.89. The van der Waals surface area contributed by atoms with Crippen LogP contribution in [0.5, 0.6) is 0 Å². The number of rotatable bonds is 4. The minimum atomic E-state index is -3.58. The van der Waals surface area contributed by atoms with Gasteiger partial charge in [-0.2, -0.15) is 4.31 Å². The molecule has 1 amide bonds. The first kappa shape index (κ1) is 21.8. The van der Waals surface area contributed by atoms with E-state index in [0.29, 0.717) is 32.5 Å². The Morgan fingerprint density at radius 3 is 2.42 bits per heavy atom. The fourth-order valence-corrected chi connectivity index (χ4v) is 7.05. The van der Waals surface area contributed by atoms with Crippen LogP contribution in [-0.2, 0) is 10.0 Å². The number of thioether (sulfide) groups is 1. The van der Waals surface area contributed by atoms with Crippen LogP contribution < -0.4 is 0 Å². The fourth-order valence-electron chi connectivity index (χ4n) is 4.15. The van der Waals surface area contributed by atoms with Crippen molar-refractivity contribution in [3.05, 3.63) is 69.8 Å². The predicted octanol–water partition coefficient (Wildman–Crippen LogP) is 3.27. The van der Waals surface area contributed by atoms with Crippen LogP contribution in [-0.4, -0.2) is 58.7 Å². The van der Waals surface area contributed by atoms with Crippen LogP contribution in [0.1, 0.15) is 28.8 Å². The third kappa shape index (κ3) is 4.07. The van der Waals surface area contributed by atoms with E-state index < -0.39 is 19.8 Å². The first-order valence-corrected chi connectivity index (χ1v) is 12.4. The number of amides is 1. The number of carbonyl (C=O) groups excluding carboxylic acids is 1. The Bertz CT molecular complexity index is 1110. The number of nitro groups is 1. The maximum atomic E-state index is 13.2. The number of aryl methyl sites for hydroxylation is 1. The van der Waals surface area contributed by atoms with E-state index in [1.165, 1.54) is 22.5 Å². The van der Waals surface area contributed by atoms with Crippen molar-refractivity contribution >= 4 is 33.4 Å². The molecule has 2 heterocycles. The minimum absolute atomic E-state index is 0.120. The molecule has 2 aliphatic rings. The molecule has 0 aromatic heterocycles. The molecule has 2 aromatic rings. The molecule has 2 aliphatic heterocycles. The summed E-state index contributed by atoms with van der Waals surface area (Å²) in [4.78, 5) is 25.3. The molecule has 10 heteroatoms. The largest absolute Gasteiger partial charge is 0.323 e. The normalized spacial score (nSPS) is 18.9. The lowest BCUT2D eigenvalue weighted by atomic mass is 10.0. The van der Waals surface area contributed by atoms with E-state index in [2.05, 4.69) is 0 Å². The van der Waals surface area contributed by atoms with Crippen molar-refractivity contribution in [2.75, 3.05) is 25.4 Å². The molecule has 2 saturated heterocycles. The second-order valence-electron chi connectivity index (χ2n) is 7.78. The van der Waals surface area contributed by atoms with Gasteiger partial charge in [-0.1, -0.05) is 23.8 Å². The molecule has 4 rings (SSSR count). The second-order valence-corrected chi connectivity index (χ2v) is 11.2. The van der Waals surface area contributed by atoms with E-state index in [1.807, 2.05) is 6.92 Å². The quantitative estimate of drug-likeness (QED) is 0.512. The second kappa shape index (κ2) is 8.25. The molecule has 0 bridgehead atoms. The van der Waals surface area contributed by atoms with Crippen LogP contribution >= 0.6 is 11.8 Å². The fraction of sp³-hybridized carbons (Fsp3) is 0.381. The molecular weight excluding hydrogens is 438 g/mol. The zero-order valence-electron chi connectivity index (χ0n) is 17.1. The molecule has 0 unspecified atom stereocenters. The average Bonchev–Trinajstić information content (AvgIpc) is 3.16. The summed E-state index contributed by atoms with van der Waals surface area (Å²) < 4.78 is 27.5. The van der Waals surface area contributed by atoms with Crippen molar-refractivity contribution in [2.45, 2.75) is 29.5 Å². The maximum Gasteiger partial charge on any atom is 0.270 e. The number of hydrogen-bond acceptors (Lipinski definition) is 6. The highest BCUT2D eigenvalue weighted by Gasteiger charge is 2.48. The summed E-state index contributed by atoms with van der Waals surface area (Å²) in [5.41, 5.74) is 1.16. The molecule has 0 aliphatic carbocycles. The van der Waals surface area contributed by atoms with E-state index in [9.17, 15) is 23.3 Å². The minimum Gasteiger partial charge on any atom is -0.323 e. The zero-order valence-corrected chi connectivity index (χ0v) is 18.7. The van der Waals surface area contributed by atoms with E-state index in [-0.39, 0.29) is 22.1 Å². The number of sulfonamides is 1. The smallest absolute Gasteiger partial charge is 0.270 e. The maximum absolute atomic E-state index is 13.2. The van der Waals surface area contributed by atoms with Gasteiger partial charge in [0, 0.05) is 43.1 Å². The SMILES string of the molecule is Cc1ccc(S(=O)(=O)N2CCC3(CC2)SCCN3C(=O)c2cccc([N+](=O)[O-])c2)cc1. The Morgan fingerprint density at radius 1 is 1.10 bits per heavy atom.